The lowest BCUT2D eigenvalue weighted by atomic mass is 10.0. The first-order valence-electron chi connectivity index (χ1n) is 6.20. The number of nitriles is 1. The minimum atomic E-state index is 0.340. The number of rotatable bonds is 1. The lowest BCUT2D eigenvalue weighted by Crippen LogP contribution is -1.97. The van der Waals surface area contributed by atoms with Crippen LogP contribution in [0.4, 0.5) is 0 Å². The molecule has 0 bridgehead atoms. The second kappa shape index (κ2) is 4.87. The molecule has 0 fully saturated rings. The summed E-state index contributed by atoms with van der Waals surface area (Å²) < 4.78 is 0.340. The number of aromatic amines is 1. The van der Waals surface area contributed by atoms with Crippen molar-refractivity contribution in [2.75, 3.05) is 0 Å². The third-order valence-corrected chi connectivity index (χ3v) is 3.56. The Bertz CT molecular complexity index is 898. The van der Waals surface area contributed by atoms with Gasteiger partial charge >= 0.3 is 0 Å². The molecule has 0 spiro atoms. The highest BCUT2D eigenvalue weighted by Gasteiger charge is 2.09. The van der Waals surface area contributed by atoms with Crippen molar-refractivity contribution in [2.45, 2.75) is 6.92 Å². The quantitative estimate of drug-likeness (QED) is 0.680. The van der Waals surface area contributed by atoms with Gasteiger partial charge in [-0.3, -0.25) is 0 Å². The molecule has 1 aromatic heterocycles. The van der Waals surface area contributed by atoms with Gasteiger partial charge in [0.05, 0.1) is 0 Å². The molecule has 0 aliphatic rings. The summed E-state index contributed by atoms with van der Waals surface area (Å²) in [4.78, 5) is 7.54. The Morgan fingerprint density at radius 1 is 1.15 bits per heavy atom. The summed E-state index contributed by atoms with van der Waals surface area (Å²) in [7, 11) is 0. The summed E-state index contributed by atoms with van der Waals surface area (Å²) in [6.07, 6.45) is 0. The Kier molecular flexibility index (Phi) is 3.05. The highest BCUT2D eigenvalue weighted by atomic mass is 32.1. The molecule has 4 heteroatoms. The van der Waals surface area contributed by atoms with Crippen LogP contribution in [0.2, 0.25) is 0 Å². The van der Waals surface area contributed by atoms with E-state index in [1.807, 2.05) is 31.2 Å². The van der Waals surface area contributed by atoms with Crippen molar-refractivity contribution < 1.29 is 0 Å². The fraction of sp³-hybridized carbons (Fsp3) is 0.0625. The minimum absolute atomic E-state index is 0.340. The number of benzene rings is 2. The standard InChI is InChI=1S/C16H11N3S/c1-10-14(9-17)16(20)19-15(18-10)13-8-4-6-11-5-2-3-7-12(11)13/h2-8H,1H3,(H,18,19,20). The predicted molar refractivity (Wildman–Crippen MR) is 81.8 cm³/mol. The SMILES string of the molecule is Cc1[nH]c(-c2cccc3ccccc23)nc(=S)c1C#N. The van der Waals surface area contributed by atoms with Gasteiger partial charge in [-0.2, -0.15) is 5.26 Å². The van der Waals surface area contributed by atoms with Crippen LogP contribution in [-0.2, 0) is 0 Å². The van der Waals surface area contributed by atoms with Crippen LogP contribution in [0.15, 0.2) is 42.5 Å². The van der Waals surface area contributed by atoms with Gasteiger partial charge in [-0.1, -0.05) is 54.7 Å². The topological polar surface area (TPSA) is 52.5 Å². The second-order valence-electron chi connectivity index (χ2n) is 4.53. The first kappa shape index (κ1) is 12.5. The van der Waals surface area contributed by atoms with E-state index in [0.29, 0.717) is 16.0 Å². The summed E-state index contributed by atoms with van der Waals surface area (Å²) in [5.74, 6) is 0.698. The van der Waals surface area contributed by atoms with Crippen molar-refractivity contribution in [1.82, 2.24) is 9.97 Å². The molecule has 0 unspecified atom stereocenters. The summed E-state index contributed by atoms with van der Waals surface area (Å²) in [5, 5.41) is 11.3. The molecule has 0 atom stereocenters. The zero-order valence-corrected chi connectivity index (χ0v) is 11.7. The van der Waals surface area contributed by atoms with Gasteiger partial charge in [0, 0.05) is 11.3 Å². The fourth-order valence-electron chi connectivity index (χ4n) is 2.28. The average molecular weight is 277 g/mol. The van der Waals surface area contributed by atoms with Gasteiger partial charge in [0.1, 0.15) is 22.1 Å². The first-order chi connectivity index (χ1) is 9.70. The molecule has 3 nitrogen and oxygen atoms in total. The van der Waals surface area contributed by atoms with Crippen molar-refractivity contribution in [1.29, 1.82) is 5.26 Å². The van der Waals surface area contributed by atoms with E-state index < -0.39 is 0 Å². The summed E-state index contributed by atoms with van der Waals surface area (Å²) in [6.45, 7) is 1.84. The Morgan fingerprint density at radius 2 is 1.90 bits per heavy atom. The number of fused-ring (bicyclic) bond motifs is 1. The predicted octanol–water partition coefficient (Wildman–Crippen LogP) is 4.14. The molecular weight excluding hydrogens is 266 g/mol. The van der Waals surface area contributed by atoms with Crippen molar-refractivity contribution >= 4 is 23.0 Å². The van der Waals surface area contributed by atoms with E-state index >= 15 is 0 Å². The van der Waals surface area contributed by atoms with Gasteiger partial charge < -0.3 is 4.98 Å². The highest BCUT2D eigenvalue weighted by Crippen LogP contribution is 2.26. The molecule has 1 heterocycles. The number of hydrogen-bond donors (Lipinski definition) is 1. The Morgan fingerprint density at radius 3 is 2.65 bits per heavy atom. The fourth-order valence-corrected chi connectivity index (χ4v) is 2.57. The monoisotopic (exact) mass is 277 g/mol. The van der Waals surface area contributed by atoms with Crippen LogP contribution in [0.25, 0.3) is 22.2 Å². The summed E-state index contributed by atoms with van der Waals surface area (Å²) >= 11 is 5.20. The number of aromatic nitrogens is 2. The maximum Gasteiger partial charge on any atom is 0.148 e. The van der Waals surface area contributed by atoms with Crippen molar-refractivity contribution in [2.24, 2.45) is 0 Å². The van der Waals surface area contributed by atoms with Gasteiger partial charge in [-0.15, -0.1) is 0 Å². The molecule has 0 aliphatic carbocycles. The number of nitrogens with zero attached hydrogens (tertiary/aromatic N) is 2. The van der Waals surface area contributed by atoms with Gasteiger partial charge in [0.15, 0.2) is 0 Å². The smallest absolute Gasteiger partial charge is 0.148 e. The van der Waals surface area contributed by atoms with Crippen LogP contribution in [0.1, 0.15) is 11.3 Å². The van der Waals surface area contributed by atoms with Gasteiger partial charge in [0.25, 0.3) is 0 Å². The normalized spacial score (nSPS) is 10.4. The van der Waals surface area contributed by atoms with Crippen molar-refractivity contribution in [3.63, 3.8) is 0 Å². The van der Waals surface area contributed by atoms with E-state index in [2.05, 4.69) is 34.2 Å². The van der Waals surface area contributed by atoms with E-state index in [1.165, 1.54) is 0 Å². The van der Waals surface area contributed by atoms with Crippen LogP contribution in [0, 0.1) is 22.9 Å². The second-order valence-corrected chi connectivity index (χ2v) is 4.92. The lowest BCUT2D eigenvalue weighted by molar-refractivity contribution is 1.08. The zero-order valence-electron chi connectivity index (χ0n) is 10.8. The molecule has 3 rings (SSSR count). The van der Waals surface area contributed by atoms with Crippen molar-refractivity contribution in [3.8, 4) is 17.5 Å². The van der Waals surface area contributed by atoms with Crippen LogP contribution in [-0.4, -0.2) is 9.97 Å². The van der Waals surface area contributed by atoms with Crippen molar-refractivity contribution in [3.05, 3.63) is 58.4 Å². The van der Waals surface area contributed by atoms with Gasteiger partial charge in [-0.05, 0) is 17.7 Å². The summed E-state index contributed by atoms with van der Waals surface area (Å²) in [6, 6.07) is 16.2. The molecular formula is C16H11N3S. The molecule has 0 amide bonds. The molecule has 1 N–H and O–H groups in total. The van der Waals surface area contributed by atoms with E-state index in [4.69, 9.17) is 17.5 Å². The average Bonchev–Trinajstić information content (AvgIpc) is 2.46. The molecule has 2 aromatic carbocycles. The molecule has 0 radical (unpaired) electrons. The Hall–Kier alpha value is -2.51. The molecule has 0 saturated heterocycles. The molecule has 0 saturated carbocycles. The van der Waals surface area contributed by atoms with E-state index in [0.717, 1.165) is 22.0 Å². The maximum atomic E-state index is 9.06. The van der Waals surface area contributed by atoms with Gasteiger partial charge in [0.2, 0.25) is 0 Å². The van der Waals surface area contributed by atoms with Gasteiger partial charge in [-0.25, -0.2) is 4.98 Å². The van der Waals surface area contributed by atoms with E-state index in [9.17, 15) is 0 Å². The first-order valence-corrected chi connectivity index (χ1v) is 6.60. The van der Waals surface area contributed by atoms with E-state index in [1.54, 1.807) is 0 Å². The number of aryl methyl sites for hydroxylation is 1. The van der Waals surface area contributed by atoms with Crippen LogP contribution in [0.3, 0.4) is 0 Å². The Balaban J connectivity index is 2.33. The third kappa shape index (κ3) is 1.98. The lowest BCUT2D eigenvalue weighted by Gasteiger charge is -2.08. The summed E-state index contributed by atoms with van der Waals surface area (Å²) in [5.41, 5.74) is 2.17. The van der Waals surface area contributed by atoms with Crippen LogP contribution >= 0.6 is 12.2 Å². The molecule has 0 aliphatic heterocycles. The zero-order chi connectivity index (χ0) is 14.1. The maximum absolute atomic E-state index is 9.06. The van der Waals surface area contributed by atoms with Crippen LogP contribution in [0.5, 0.6) is 0 Å². The molecule has 20 heavy (non-hydrogen) atoms. The number of H-pyrrole nitrogens is 1. The minimum Gasteiger partial charge on any atom is -0.342 e. The molecule has 96 valence electrons. The largest absolute Gasteiger partial charge is 0.342 e. The van der Waals surface area contributed by atoms with E-state index in [-0.39, 0.29) is 0 Å². The third-order valence-electron chi connectivity index (χ3n) is 3.26. The number of nitrogens with one attached hydrogen (secondary N) is 1. The van der Waals surface area contributed by atoms with Crippen LogP contribution < -0.4 is 0 Å². The Labute approximate surface area is 121 Å². The highest BCUT2D eigenvalue weighted by molar-refractivity contribution is 7.71. The number of hydrogen-bond acceptors (Lipinski definition) is 3. The molecule has 3 aromatic rings.